The monoisotopic (exact) mass is 710 g/mol. The molecule has 1 fully saturated rings. The molecule has 1 saturated heterocycles. The molecule has 2 N–H and O–H groups in total. The topological polar surface area (TPSA) is 132 Å². The Balaban J connectivity index is 2.16. The van der Waals surface area contributed by atoms with Crippen molar-refractivity contribution in [2.45, 2.75) is 173 Å². The molecular formula is C39H67O9P. The average Bonchev–Trinajstić information content (AvgIpc) is 3.82. The number of epoxide rings is 1. The van der Waals surface area contributed by atoms with E-state index in [0.29, 0.717) is 19.3 Å². The lowest BCUT2D eigenvalue weighted by Crippen LogP contribution is -2.29. The molecule has 282 valence electrons. The van der Waals surface area contributed by atoms with Gasteiger partial charge in [0.25, 0.3) is 0 Å². The Morgan fingerprint density at radius 3 is 1.80 bits per heavy atom. The zero-order chi connectivity index (χ0) is 35.8. The predicted molar refractivity (Wildman–Crippen MR) is 197 cm³/mol. The van der Waals surface area contributed by atoms with Crippen LogP contribution in [0.2, 0.25) is 0 Å². The van der Waals surface area contributed by atoms with Crippen LogP contribution in [0.1, 0.15) is 155 Å². The predicted octanol–water partition coefficient (Wildman–Crippen LogP) is 10.2. The van der Waals surface area contributed by atoms with Crippen molar-refractivity contribution in [1.82, 2.24) is 0 Å². The SMILES string of the molecule is CCCCC/C=C\C/C=C\CC1OC1C/C=C\CCCC(=O)O[C@H](COC(=O)CCCCCCC/C=C\CCCCCC)COP(=O)(O)O. The Kier molecular flexibility index (Phi) is 28.2. The van der Waals surface area contributed by atoms with Crippen LogP contribution in [0.3, 0.4) is 0 Å². The molecule has 2 unspecified atom stereocenters. The quantitative estimate of drug-likeness (QED) is 0.0224. The first-order chi connectivity index (χ1) is 23.7. The molecule has 0 bridgehead atoms. The molecule has 1 heterocycles. The highest BCUT2D eigenvalue weighted by Gasteiger charge is 2.36. The Hall–Kier alpha value is -2.03. The van der Waals surface area contributed by atoms with Gasteiger partial charge < -0.3 is 24.0 Å². The van der Waals surface area contributed by atoms with Crippen LogP contribution in [-0.2, 0) is 32.9 Å². The van der Waals surface area contributed by atoms with Crippen LogP contribution in [-0.4, -0.2) is 53.3 Å². The van der Waals surface area contributed by atoms with Gasteiger partial charge in [-0.2, -0.15) is 0 Å². The summed E-state index contributed by atoms with van der Waals surface area (Å²) in [6, 6.07) is 0. The number of carbonyl (C=O) groups is 2. The number of phosphoric acid groups is 1. The van der Waals surface area contributed by atoms with E-state index in [2.05, 4.69) is 60.9 Å². The first-order valence-corrected chi connectivity index (χ1v) is 20.6. The number of hydrogen-bond donors (Lipinski definition) is 2. The van der Waals surface area contributed by atoms with Gasteiger partial charge in [0.15, 0.2) is 6.10 Å². The molecule has 0 aromatic rings. The van der Waals surface area contributed by atoms with Gasteiger partial charge in [-0.25, -0.2) is 4.57 Å². The molecule has 3 atom stereocenters. The fourth-order valence-electron chi connectivity index (χ4n) is 5.22. The summed E-state index contributed by atoms with van der Waals surface area (Å²) in [4.78, 5) is 42.7. The summed E-state index contributed by atoms with van der Waals surface area (Å²) in [5.74, 6) is -0.972. The molecule has 49 heavy (non-hydrogen) atoms. The van der Waals surface area contributed by atoms with E-state index in [9.17, 15) is 14.2 Å². The van der Waals surface area contributed by atoms with Crippen LogP contribution >= 0.6 is 7.82 Å². The van der Waals surface area contributed by atoms with Crippen LogP contribution in [0.4, 0.5) is 0 Å². The molecular weight excluding hydrogens is 643 g/mol. The summed E-state index contributed by atoms with van der Waals surface area (Å²) < 4.78 is 32.0. The van der Waals surface area contributed by atoms with E-state index in [4.69, 9.17) is 24.0 Å². The van der Waals surface area contributed by atoms with E-state index in [1.807, 2.05) is 6.08 Å². The molecule has 0 spiro atoms. The maximum atomic E-state index is 12.4. The first kappa shape index (κ1) is 45.0. The van der Waals surface area contributed by atoms with E-state index in [0.717, 1.165) is 57.8 Å². The minimum atomic E-state index is -4.77. The van der Waals surface area contributed by atoms with Gasteiger partial charge in [-0.1, -0.05) is 114 Å². The third-order valence-electron chi connectivity index (χ3n) is 8.22. The molecule has 0 saturated carbocycles. The number of esters is 2. The number of carbonyl (C=O) groups excluding carboxylic acids is 2. The lowest BCUT2D eigenvalue weighted by Gasteiger charge is -2.18. The van der Waals surface area contributed by atoms with Crippen LogP contribution in [0.15, 0.2) is 48.6 Å². The molecule has 1 aliphatic heterocycles. The smallest absolute Gasteiger partial charge is 0.462 e. The van der Waals surface area contributed by atoms with E-state index < -0.39 is 32.5 Å². The second-order valence-corrected chi connectivity index (χ2v) is 14.2. The number of phosphoric ester groups is 1. The van der Waals surface area contributed by atoms with Crippen molar-refractivity contribution >= 4 is 19.8 Å². The second kappa shape index (κ2) is 30.8. The van der Waals surface area contributed by atoms with E-state index in [-0.39, 0.29) is 31.7 Å². The number of rotatable bonds is 33. The van der Waals surface area contributed by atoms with Crippen LogP contribution in [0, 0.1) is 0 Å². The van der Waals surface area contributed by atoms with Crippen LogP contribution in [0.25, 0.3) is 0 Å². The van der Waals surface area contributed by atoms with Gasteiger partial charge in [0.1, 0.15) is 6.61 Å². The molecule has 0 aromatic carbocycles. The second-order valence-electron chi connectivity index (χ2n) is 12.9. The lowest BCUT2D eigenvalue weighted by molar-refractivity contribution is -0.161. The molecule has 0 aromatic heterocycles. The van der Waals surface area contributed by atoms with Crippen molar-refractivity contribution in [1.29, 1.82) is 0 Å². The molecule has 9 nitrogen and oxygen atoms in total. The van der Waals surface area contributed by atoms with Crippen molar-refractivity contribution < 1.29 is 42.7 Å². The summed E-state index contributed by atoms with van der Waals surface area (Å²) in [7, 11) is -4.77. The zero-order valence-corrected chi connectivity index (χ0v) is 31.4. The third kappa shape index (κ3) is 30.5. The molecule has 0 amide bonds. The van der Waals surface area contributed by atoms with Gasteiger partial charge in [-0.15, -0.1) is 0 Å². The summed E-state index contributed by atoms with van der Waals surface area (Å²) in [5, 5.41) is 0. The summed E-state index contributed by atoms with van der Waals surface area (Å²) in [6.07, 6.45) is 38.6. The van der Waals surface area contributed by atoms with Crippen molar-refractivity contribution in [2.24, 2.45) is 0 Å². The van der Waals surface area contributed by atoms with Crippen molar-refractivity contribution in [3.63, 3.8) is 0 Å². The van der Waals surface area contributed by atoms with Gasteiger partial charge >= 0.3 is 19.8 Å². The van der Waals surface area contributed by atoms with Crippen LogP contribution < -0.4 is 0 Å². The van der Waals surface area contributed by atoms with Gasteiger partial charge in [-0.05, 0) is 77.0 Å². The number of ether oxygens (including phenoxy) is 3. The Labute approximate surface area is 297 Å². The normalized spacial score (nSPS) is 17.1. The highest BCUT2D eigenvalue weighted by Crippen LogP contribution is 2.36. The van der Waals surface area contributed by atoms with Gasteiger partial charge in [-0.3, -0.25) is 14.1 Å². The van der Waals surface area contributed by atoms with Gasteiger partial charge in [0.2, 0.25) is 0 Å². The third-order valence-corrected chi connectivity index (χ3v) is 8.71. The molecule has 0 aliphatic carbocycles. The summed E-state index contributed by atoms with van der Waals surface area (Å²) >= 11 is 0. The minimum absolute atomic E-state index is 0.125. The van der Waals surface area contributed by atoms with Gasteiger partial charge in [0.05, 0.1) is 18.8 Å². The fraction of sp³-hybridized carbons (Fsp3) is 0.744. The standard InChI is InChI=1S/C39H67O9P/c1-3-5-7-9-11-13-14-15-16-18-20-22-27-31-38(40)45-33-35(34-46-49(42,43)44)47-39(41)32-28-24-23-26-30-37-36(48-37)29-25-21-19-17-12-10-8-6-4-2/h12-14,17,21,23,25-26,35-37H,3-11,15-16,18-20,22,24,27-34H2,1-2H3,(H2,42,43,44)/b14-13-,17-12-,25-21-,26-23-/t35-,36?,37?/m1/s1. The summed E-state index contributed by atoms with van der Waals surface area (Å²) in [5.41, 5.74) is 0. The molecule has 0 radical (unpaired) electrons. The number of hydrogen-bond acceptors (Lipinski definition) is 7. The first-order valence-electron chi connectivity index (χ1n) is 19.1. The molecule has 10 heteroatoms. The average molecular weight is 711 g/mol. The lowest BCUT2D eigenvalue weighted by atomic mass is 10.1. The van der Waals surface area contributed by atoms with E-state index >= 15 is 0 Å². The van der Waals surface area contributed by atoms with Crippen molar-refractivity contribution in [3.05, 3.63) is 48.6 Å². The number of unbranched alkanes of at least 4 members (excludes halogenated alkanes) is 13. The van der Waals surface area contributed by atoms with Gasteiger partial charge in [0, 0.05) is 12.8 Å². The Morgan fingerprint density at radius 1 is 0.633 bits per heavy atom. The van der Waals surface area contributed by atoms with E-state index in [1.54, 1.807) is 0 Å². The van der Waals surface area contributed by atoms with Crippen molar-refractivity contribution in [2.75, 3.05) is 13.2 Å². The summed E-state index contributed by atoms with van der Waals surface area (Å²) in [6.45, 7) is 3.56. The van der Waals surface area contributed by atoms with Crippen LogP contribution in [0.5, 0.6) is 0 Å². The zero-order valence-electron chi connectivity index (χ0n) is 30.5. The number of allylic oxidation sites excluding steroid dienone is 6. The maximum Gasteiger partial charge on any atom is 0.469 e. The highest BCUT2D eigenvalue weighted by atomic mass is 31.2. The van der Waals surface area contributed by atoms with Crippen molar-refractivity contribution in [3.8, 4) is 0 Å². The fourth-order valence-corrected chi connectivity index (χ4v) is 5.58. The largest absolute Gasteiger partial charge is 0.469 e. The maximum absolute atomic E-state index is 12.4. The molecule has 1 rings (SSSR count). The van der Waals surface area contributed by atoms with E-state index in [1.165, 1.54) is 51.4 Å². The minimum Gasteiger partial charge on any atom is -0.462 e. The highest BCUT2D eigenvalue weighted by molar-refractivity contribution is 7.46. The molecule has 1 aliphatic rings. The Morgan fingerprint density at radius 2 is 1.12 bits per heavy atom. The Bertz CT molecular complexity index is 1000.